The Morgan fingerprint density at radius 1 is 0.207 bits per heavy atom. The zero-order chi connectivity index (χ0) is 62.0. The van der Waals surface area contributed by atoms with Gasteiger partial charge in [0, 0.05) is 26.0 Å². The molecule has 0 N–H and O–H groups in total. The molecule has 1 aliphatic carbocycles. The summed E-state index contributed by atoms with van der Waals surface area (Å²) in [7, 11) is -14.7. The van der Waals surface area contributed by atoms with Crippen LogP contribution in [0.15, 0.2) is 295 Å². The van der Waals surface area contributed by atoms with Crippen molar-refractivity contribution in [2.24, 2.45) is 0 Å². The molecule has 0 saturated heterocycles. The topological polar surface area (TPSA) is 268 Å². The van der Waals surface area contributed by atoms with Crippen molar-refractivity contribution in [3.05, 3.63) is 301 Å². The number of rotatable bonds is 18. The van der Waals surface area contributed by atoms with Gasteiger partial charge in [-0.15, -0.1) is 20.5 Å². The van der Waals surface area contributed by atoms with Crippen molar-refractivity contribution >= 4 is 25.8 Å². The number of hydrogen-bond acceptors (Lipinski definition) is 17. The summed E-state index contributed by atoms with van der Waals surface area (Å²) in [4.78, 5) is 0. The molecule has 23 heteroatoms. The van der Waals surface area contributed by atoms with Gasteiger partial charge in [0.15, 0.2) is 0 Å². The van der Waals surface area contributed by atoms with Crippen molar-refractivity contribution in [3.63, 3.8) is 0 Å². The second-order valence-electron chi connectivity index (χ2n) is 17.2. The van der Waals surface area contributed by atoms with Gasteiger partial charge in [0.25, 0.3) is 0 Å². The Hall–Kier alpha value is -7.14. The first kappa shape index (κ1) is 72.3. The Morgan fingerprint density at radius 2 is 0.310 bits per heavy atom. The van der Waals surface area contributed by atoms with Gasteiger partial charge in [-0.2, -0.15) is 0 Å². The number of benzene rings is 9. The standard InChI is InChI=1S/3C18H15O3P.C10H15.2ClHO4.Ir/c3*1-4-10-16(11-5-1)19-22(20-17-12-6-2-7-13-17)21-18-14-8-3-9-15-18;1-6-7(2)9(4)10(5)8(6)3;2*2-1(3,4)5;/h3*1-15H;1-5H3;2*(H,2,3,4,5);/p-2. The molecule has 10 rings (SSSR count). The van der Waals surface area contributed by atoms with Gasteiger partial charge >= 0.3 is 25.8 Å². The van der Waals surface area contributed by atoms with E-state index in [0.29, 0.717) is 51.7 Å². The van der Waals surface area contributed by atoms with E-state index in [-0.39, 0.29) is 20.1 Å². The molecule has 0 atom stereocenters. The van der Waals surface area contributed by atoms with E-state index in [1.165, 1.54) is 28.2 Å². The fraction of sp³-hybridized carbons (Fsp3) is 0.0781. The second kappa shape index (κ2) is 39.6. The monoisotopic (exact) mass is 1460 g/mol. The van der Waals surface area contributed by atoms with Crippen LogP contribution in [0.2, 0.25) is 0 Å². The fourth-order valence-electron chi connectivity index (χ4n) is 6.68. The maximum Gasteiger partial charge on any atom is 0.530 e. The Morgan fingerprint density at radius 3 is 0.391 bits per heavy atom. The first-order valence-electron chi connectivity index (χ1n) is 25.7. The quantitative estimate of drug-likeness (QED) is 0.0723. The summed E-state index contributed by atoms with van der Waals surface area (Å²) in [6.07, 6.45) is 0. The zero-order valence-electron chi connectivity index (χ0n) is 47.4. The average molecular weight is 1460 g/mol. The summed E-state index contributed by atoms with van der Waals surface area (Å²) in [6.45, 7) is 11.0. The molecule has 0 aliphatic heterocycles. The van der Waals surface area contributed by atoms with Gasteiger partial charge in [0.2, 0.25) is 0 Å². The van der Waals surface area contributed by atoms with Crippen molar-refractivity contribution in [2.45, 2.75) is 34.6 Å². The van der Waals surface area contributed by atoms with Crippen LogP contribution in [0, 0.1) is 26.4 Å². The van der Waals surface area contributed by atoms with Gasteiger partial charge in [-0.3, -0.25) is 0 Å². The van der Waals surface area contributed by atoms with Crippen LogP contribution in [0.4, 0.5) is 0 Å². The Bertz CT molecular complexity index is 2660. The summed E-state index contributed by atoms with van der Waals surface area (Å²) in [5, 5.41) is 0. The molecule has 0 fully saturated rings. The molecule has 0 heterocycles. The summed E-state index contributed by atoms with van der Waals surface area (Å²) in [5.41, 5.74) is 5.87. The van der Waals surface area contributed by atoms with Crippen molar-refractivity contribution < 1.29 is 119 Å². The van der Waals surface area contributed by atoms with E-state index in [1.54, 1.807) is 0 Å². The first-order chi connectivity index (χ1) is 41.3. The van der Waals surface area contributed by atoms with Gasteiger partial charge < -0.3 is 40.7 Å². The Labute approximate surface area is 528 Å². The molecule has 0 bridgehead atoms. The van der Waals surface area contributed by atoms with Crippen LogP contribution >= 0.6 is 25.8 Å². The molecule has 0 aromatic heterocycles. The zero-order valence-corrected chi connectivity index (χ0v) is 53.9. The van der Waals surface area contributed by atoms with E-state index < -0.39 is 46.3 Å². The predicted molar refractivity (Wildman–Crippen MR) is 310 cm³/mol. The molecule has 458 valence electrons. The van der Waals surface area contributed by atoms with Crippen molar-refractivity contribution in [1.29, 1.82) is 0 Å². The normalized spacial score (nSPS) is 11.6. The number of hydrogen-bond donors (Lipinski definition) is 0. The number of halogens is 2. The van der Waals surface area contributed by atoms with Crippen LogP contribution in [0.3, 0.4) is 0 Å². The molecule has 9 aromatic rings. The average Bonchev–Trinajstić information content (AvgIpc) is 2.64. The minimum absolute atomic E-state index is 0. The maximum atomic E-state index is 8.49. The number of allylic oxidation sites excluding steroid dienone is 4. The molecular formula is C64H60Cl2IrO17P3-2. The Kier molecular flexibility index (Phi) is 32.9. The SMILES string of the molecule is C[C]1C(C)=C(C)C(C)=C1C.[Ir].[O-][Cl+3]([O-])([O-])[O-].[O-][Cl+3]([O-])([O-])[O-].c1ccc(OP(Oc2ccccc2)Oc2ccccc2)cc1.c1ccc(OP(Oc2ccccc2)Oc2ccccc2)cc1.c1ccc(OP(Oc2ccccc2)Oc2ccccc2)cc1. The van der Waals surface area contributed by atoms with Crippen LogP contribution < -0.4 is 78.0 Å². The maximum absolute atomic E-state index is 8.49. The molecule has 87 heavy (non-hydrogen) atoms. The van der Waals surface area contributed by atoms with Crippen LogP contribution in [-0.2, 0) is 20.1 Å². The first-order valence-corrected chi connectivity index (χ1v) is 31.4. The van der Waals surface area contributed by atoms with E-state index in [9.17, 15) is 0 Å². The molecule has 17 nitrogen and oxygen atoms in total. The molecule has 2 radical (unpaired) electrons. The van der Waals surface area contributed by atoms with Gasteiger partial charge in [-0.25, -0.2) is 37.3 Å². The molecule has 0 saturated carbocycles. The van der Waals surface area contributed by atoms with Crippen molar-refractivity contribution in [2.75, 3.05) is 0 Å². The minimum atomic E-state index is -4.94. The van der Waals surface area contributed by atoms with E-state index in [1.807, 2.05) is 273 Å². The summed E-state index contributed by atoms with van der Waals surface area (Å²) < 4.78 is 121. The largest absolute Gasteiger partial charge is 0.530 e. The van der Waals surface area contributed by atoms with Crippen LogP contribution in [0.5, 0.6) is 51.7 Å². The predicted octanol–water partition coefficient (Wildman–Crippen LogP) is 10.1. The van der Waals surface area contributed by atoms with Crippen LogP contribution in [0.25, 0.3) is 0 Å². The molecule has 0 unspecified atom stereocenters. The van der Waals surface area contributed by atoms with Crippen LogP contribution in [0.1, 0.15) is 34.6 Å². The molecule has 1 aliphatic rings. The fourth-order valence-corrected chi connectivity index (χ4v) is 9.66. The number of para-hydroxylation sites is 9. The third kappa shape index (κ3) is 31.9. The summed E-state index contributed by atoms with van der Waals surface area (Å²) in [6, 6.07) is 85.5. The second-order valence-corrected chi connectivity index (χ2v) is 21.7. The van der Waals surface area contributed by atoms with Crippen LogP contribution in [-0.4, -0.2) is 0 Å². The van der Waals surface area contributed by atoms with Gasteiger partial charge in [0.05, 0.1) is 0 Å². The summed E-state index contributed by atoms with van der Waals surface area (Å²) in [5.74, 6) is 7.85. The van der Waals surface area contributed by atoms with E-state index in [2.05, 4.69) is 34.6 Å². The van der Waals surface area contributed by atoms with Gasteiger partial charge in [-0.1, -0.05) is 182 Å². The Balaban J connectivity index is 0.000000240. The third-order valence-electron chi connectivity index (χ3n) is 11.1. The molecule has 0 amide bonds. The minimum Gasteiger partial charge on any atom is -0.409 e. The van der Waals surface area contributed by atoms with Crippen molar-refractivity contribution in [1.82, 2.24) is 0 Å². The van der Waals surface area contributed by atoms with Crippen molar-refractivity contribution in [3.8, 4) is 51.7 Å². The molecular weight excluding hydrogens is 1400 g/mol. The van der Waals surface area contributed by atoms with E-state index in [4.69, 9.17) is 78.0 Å². The smallest absolute Gasteiger partial charge is 0.409 e. The van der Waals surface area contributed by atoms with Gasteiger partial charge in [0.1, 0.15) is 51.7 Å². The van der Waals surface area contributed by atoms with E-state index >= 15 is 0 Å². The third-order valence-corrected chi connectivity index (χ3v) is 14.4. The molecule has 9 aromatic carbocycles. The summed E-state index contributed by atoms with van der Waals surface area (Å²) >= 11 is 0. The molecule has 0 spiro atoms. The van der Waals surface area contributed by atoms with E-state index in [0.717, 1.165) is 0 Å². The van der Waals surface area contributed by atoms with Gasteiger partial charge in [-0.05, 0) is 148 Å².